The number of amides is 1. The Morgan fingerprint density at radius 3 is 2.33 bits per heavy atom. The molecule has 0 bridgehead atoms. The zero-order chi connectivity index (χ0) is 15.2. The molecule has 2 aromatic carbocycles. The molecule has 1 unspecified atom stereocenters. The van der Waals surface area contributed by atoms with Gasteiger partial charge in [0.1, 0.15) is 0 Å². The van der Waals surface area contributed by atoms with E-state index in [1.807, 2.05) is 48.5 Å². The summed E-state index contributed by atoms with van der Waals surface area (Å²) in [6.45, 7) is 4.56. The minimum absolute atomic E-state index is 0.0652. The highest BCUT2D eigenvalue weighted by molar-refractivity contribution is 5.96. The third-order valence-corrected chi connectivity index (χ3v) is 3.57. The van der Waals surface area contributed by atoms with Crippen LogP contribution in [0.1, 0.15) is 36.8 Å². The summed E-state index contributed by atoms with van der Waals surface area (Å²) in [7, 11) is 0. The van der Waals surface area contributed by atoms with Crippen LogP contribution in [0.5, 0.6) is 0 Å². The van der Waals surface area contributed by atoms with Gasteiger partial charge >= 0.3 is 0 Å². The molecule has 3 N–H and O–H groups in total. The van der Waals surface area contributed by atoms with Gasteiger partial charge < -0.3 is 11.1 Å². The van der Waals surface area contributed by atoms with E-state index in [1.165, 1.54) is 5.56 Å². The molecule has 2 rings (SSSR count). The Hall–Kier alpha value is -2.13. The van der Waals surface area contributed by atoms with Gasteiger partial charge in [-0.15, -0.1) is 0 Å². The van der Waals surface area contributed by atoms with Crippen molar-refractivity contribution in [2.24, 2.45) is 5.73 Å². The van der Waals surface area contributed by atoms with E-state index >= 15 is 0 Å². The maximum atomic E-state index is 12.4. The highest BCUT2D eigenvalue weighted by atomic mass is 16.1. The van der Waals surface area contributed by atoms with E-state index in [-0.39, 0.29) is 11.8 Å². The number of nitrogens with one attached hydrogen (secondary N) is 1. The second-order valence-electron chi connectivity index (χ2n) is 5.47. The average molecular weight is 282 g/mol. The Kier molecular flexibility index (Phi) is 5.12. The number of carbonyl (C=O) groups is 1. The molecule has 0 aliphatic rings. The fourth-order valence-corrected chi connectivity index (χ4v) is 2.28. The second kappa shape index (κ2) is 7.04. The predicted octanol–water partition coefficient (Wildman–Crippen LogP) is 3.49. The van der Waals surface area contributed by atoms with Crippen LogP contribution in [0.15, 0.2) is 54.6 Å². The van der Waals surface area contributed by atoms with Gasteiger partial charge in [0, 0.05) is 12.2 Å². The Balaban J connectivity index is 2.15. The Bertz CT molecular complexity index is 593. The molecule has 0 aliphatic heterocycles. The zero-order valence-electron chi connectivity index (χ0n) is 12.5. The smallest absolute Gasteiger partial charge is 0.233 e. The van der Waals surface area contributed by atoms with Crippen LogP contribution >= 0.6 is 0 Å². The summed E-state index contributed by atoms with van der Waals surface area (Å²) < 4.78 is 0. The van der Waals surface area contributed by atoms with Crippen molar-refractivity contribution in [1.29, 1.82) is 0 Å². The molecular formula is C18H22N2O. The second-order valence-corrected chi connectivity index (χ2v) is 5.47. The molecule has 0 fully saturated rings. The molecule has 1 atom stereocenters. The number of hydrogen-bond acceptors (Lipinski definition) is 2. The van der Waals surface area contributed by atoms with Gasteiger partial charge in [0.15, 0.2) is 0 Å². The first-order valence-electron chi connectivity index (χ1n) is 7.27. The van der Waals surface area contributed by atoms with E-state index in [2.05, 4.69) is 25.2 Å². The third-order valence-electron chi connectivity index (χ3n) is 3.57. The number of rotatable bonds is 5. The highest BCUT2D eigenvalue weighted by Gasteiger charge is 2.18. The molecule has 0 aliphatic carbocycles. The van der Waals surface area contributed by atoms with E-state index in [9.17, 15) is 4.79 Å². The summed E-state index contributed by atoms with van der Waals surface area (Å²) >= 11 is 0. The summed E-state index contributed by atoms with van der Waals surface area (Å²) in [6, 6.07) is 17.6. The molecule has 3 nitrogen and oxygen atoms in total. The number of carbonyl (C=O) groups excluding carboxylic acids is 1. The van der Waals surface area contributed by atoms with Gasteiger partial charge in [-0.25, -0.2) is 0 Å². The van der Waals surface area contributed by atoms with Crippen LogP contribution in [0.3, 0.4) is 0 Å². The highest BCUT2D eigenvalue weighted by Crippen LogP contribution is 2.21. The topological polar surface area (TPSA) is 55.1 Å². The van der Waals surface area contributed by atoms with Crippen molar-refractivity contribution in [2.45, 2.75) is 25.7 Å². The van der Waals surface area contributed by atoms with Crippen LogP contribution in [0.25, 0.3) is 0 Å². The normalized spacial score (nSPS) is 12.2. The van der Waals surface area contributed by atoms with Crippen molar-refractivity contribution in [1.82, 2.24) is 0 Å². The van der Waals surface area contributed by atoms with Crippen molar-refractivity contribution in [3.63, 3.8) is 0 Å². The van der Waals surface area contributed by atoms with Crippen molar-refractivity contribution >= 4 is 11.6 Å². The van der Waals surface area contributed by atoms with E-state index in [1.54, 1.807) is 0 Å². The van der Waals surface area contributed by atoms with Crippen molar-refractivity contribution in [2.75, 3.05) is 11.9 Å². The molecule has 0 spiro atoms. The standard InChI is InChI=1S/C18H22N2O/c1-13(2)15-9-6-10-16(11-15)20-18(21)17(12-19)14-7-4-3-5-8-14/h3-11,13,17H,12,19H2,1-2H3,(H,20,21). The fourth-order valence-electron chi connectivity index (χ4n) is 2.28. The molecule has 110 valence electrons. The van der Waals surface area contributed by atoms with Crippen molar-refractivity contribution in [3.8, 4) is 0 Å². The summed E-state index contributed by atoms with van der Waals surface area (Å²) in [4.78, 5) is 12.4. The van der Waals surface area contributed by atoms with Crippen LogP contribution in [0.4, 0.5) is 5.69 Å². The van der Waals surface area contributed by atoms with E-state index < -0.39 is 0 Å². The molecule has 0 radical (unpaired) electrons. The Labute approximate surface area is 126 Å². The quantitative estimate of drug-likeness (QED) is 0.882. The molecule has 0 aromatic heterocycles. The molecule has 3 heteroatoms. The van der Waals surface area contributed by atoms with Gasteiger partial charge in [0.2, 0.25) is 5.91 Å². The van der Waals surface area contributed by atoms with E-state index in [0.717, 1.165) is 11.3 Å². The maximum Gasteiger partial charge on any atom is 0.233 e. The minimum Gasteiger partial charge on any atom is -0.329 e. The van der Waals surface area contributed by atoms with Gasteiger partial charge in [0.05, 0.1) is 5.92 Å². The Morgan fingerprint density at radius 1 is 1.05 bits per heavy atom. The van der Waals surface area contributed by atoms with Crippen LogP contribution in [-0.2, 0) is 4.79 Å². The van der Waals surface area contributed by atoms with Crippen LogP contribution in [-0.4, -0.2) is 12.5 Å². The summed E-state index contributed by atoms with van der Waals surface area (Å²) in [5.41, 5.74) is 8.74. The molecule has 0 saturated heterocycles. The first kappa shape index (κ1) is 15.3. The van der Waals surface area contributed by atoms with Gasteiger partial charge in [-0.05, 0) is 29.2 Å². The summed E-state index contributed by atoms with van der Waals surface area (Å²) in [5, 5.41) is 2.97. The predicted molar refractivity (Wildman–Crippen MR) is 87.4 cm³/mol. The lowest BCUT2D eigenvalue weighted by atomic mass is 9.98. The van der Waals surface area contributed by atoms with Crippen LogP contribution in [0, 0.1) is 0 Å². The molecule has 21 heavy (non-hydrogen) atoms. The largest absolute Gasteiger partial charge is 0.329 e. The minimum atomic E-state index is -0.325. The van der Waals surface area contributed by atoms with Crippen LogP contribution < -0.4 is 11.1 Å². The zero-order valence-corrected chi connectivity index (χ0v) is 12.5. The maximum absolute atomic E-state index is 12.4. The van der Waals surface area contributed by atoms with Gasteiger partial charge in [-0.3, -0.25) is 4.79 Å². The van der Waals surface area contributed by atoms with Crippen LogP contribution in [0.2, 0.25) is 0 Å². The van der Waals surface area contributed by atoms with Crippen molar-refractivity contribution < 1.29 is 4.79 Å². The number of benzene rings is 2. The lowest BCUT2D eigenvalue weighted by Crippen LogP contribution is -2.27. The van der Waals surface area contributed by atoms with E-state index in [0.29, 0.717) is 12.5 Å². The molecular weight excluding hydrogens is 260 g/mol. The van der Waals surface area contributed by atoms with Crippen molar-refractivity contribution in [3.05, 3.63) is 65.7 Å². The molecule has 0 saturated carbocycles. The molecule has 0 heterocycles. The lowest BCUT2D eigenvalue weighted by Gasteiger charge is -2.16. The number of nitrogens with two attached hydrogens (primary N) is 1. The Morgan fingerprint density at radius 2 is 1.71 bits per heavy atom. The molecule has 1 amide bonds. The number of hydrogen-bond donors (Lipinski definition) is 2. The van der Waals surface area contributed by atoms with Gasteiger partial charge in [0.25, 0.3) is 0 Å². The first-order valence-corrected chi connectivity index (χ1v) is 7.27. The number of anilines is 1. The lowest BCUT2D eigenvalue weighted by molar-refractivity contribution is -0.117. The van der Waals surface area contributed by atoms with Gasteiger partial charge in [-0.2, -0.15) is 0 Å². The first-order chi connectivity index (χ1) is 10.1. The van der Waals surface area contributed by atoms with Gasteiger partial charge in [-0.1, -0.05) is 56.3 Å². The monoisotopic (exact) mass is 282 g/mol. The SMILES string of the molecule is CC(C)c1cccc(NC(=O)C(CN)c2ccccc2)c1. The summed E-state index contributed by atoms with van der Waals surface area (Å²) in [5.74, 6) is 0.0415. The fraction of sp³-hybridized carbons (Fsp3) is 0.278. The molecule has 2 aromatic rings. The summed E-state index contributed by atoms with van der Waals surface area (Å²) in [6.07, 6.45) is 0. The third kappa shape index (κ3) is 3.92. The average Bonchev–Trinajstić information content (AvgIpc) is 2.49. The van der Waals surface area contributed by atoms with E-state index in [4.69, 9.17) is 5.73 Å².